The Morgan fingerprint density at radius 2 is 1.82 bits per heavy atom. The Morgan fingerprint density at radius 3 is 2.50 bits per heavy atom. The molecule has 4 rings (SSSR count). The zero-order valence-corrected chi connectivity index (χ0v) is 20.1. The minimum absolute atomic E-state index is 0.0520. The van der Waals surface area contributed by atoms with E-state index in [1.54, 1.807) is 17.0 Å². The van der Waals surface area contributed by atoms with Crippen LogP contribution in [0.3, 0.4) is 0 Å². The Bertz CT molecular complexity index is 993. The number of halogens is 1. The van der Waals surface area contributed by atoms with Crippen molar-refractivity contribution < 1.29 is 18.7 Å². The van der Waals surface area contributed by atoms with E-state index in [9.17, 15) is 14.0 Å². The number of anilines is 1. The predicted molar refractivity (Wildman–Crippen MR) is 128 cm³/mol. The zero-order chi connectivity index (χ0) is 24.3. The lowest BCUT2D eigenvalue weighted by Crippen LogP contribution is -2.51. The molecule has 2 aromatic rings. The molecule has 8 nitrogen and oxygen atoms in total. The standard InChI is InChI=1S/C25H34FN5O3/c1-25(2,3)34-24(33)30-13-10-18(11-14-30)23(32)27-20-5-4-12-31(16-20)22-15-21(28-29-22)17-6-8-19(26)9-7-17/h6-9,15,18,20H,4-5,10-14,16H2,1-3H3,(H,27,32)(H,28,29)/t20-/m0/s1. The van der Waals surface area contributed by atoms with Crippen molar-refractivity contribution in [2.45, 2.75) is 58.1 Å². The molecule has 2 amide bonds. The molecule has 1 atom stereocenters. The Kier molecular flexibility index (Phi) is 7.09. The van der Waals surface area contributed by atoms with Crippen LogP contribution in [0, 0.1) is 11.7 Å². The average molecular weight is 472 g/mol. The fourth-order valence-electron chi connectivity index (χ4n) is 4.52. The molecule has 0 bridgehead atoms. The van der Waals surface area contributed by atoms with Crippen molar-refractivity contribution in [3.63, 3.8) is 0 Å². The zero-order valence-electron chi connectivity index (χ0n) is 20.1. The minimum Gasteiger partial charge on any atom is -0.444 e. The van der Waals surface area contributed by atoms with Crippen LogP contribution in [0.1, 0.15) is 46.5 Å². The third-order valence-electron chi connectivity index (χ3n) is 6.33. The van der Waals surface area contributed by atoms with Crippen molar-refractivity contribution in [3.8, 4) is 11.3 Å². The monoisotopic (exact) mass is 471 g/mol. The maximum atomic E-state index is 13.2. The van der Waals surface area contributed by atoms with Gasteiger partial charge < -0.3 is 19.9 Å². The van der Waals surface area contributed by atoms with Crippen molar-refractivity contribution in [1.82, 2.24) is 20.4 Å². The molecular weight excluding hydrogens is 437 g/mol. The molecule has 2 N–H and O–H groups in total. The van der Waals surface area contributed by atoms with Crippen LogP contribution in [0.25, 0.3) is 11.3 Å². The van der Waals surface area contributed by atoms with Gasteiger partial charge in [0.25, 0.3) is 0 Å². The number of aromatic nitrogens is 2. The molecule has 2 aliphatic rings. The highest BCUT2D eigenvalue weighted by Crippen LogP contribution is 2.25. The van der Waals surface area contributed by atoms with E-state index >= 15 is 0 Å². The van der Waals surface area contributed by atoms with Gasteiger partial charge in [0.1, 0.15) is 11.4 Å². The van der Waals surface area contributed by atoms with E-state index in [-0.39, 0.29) is 29.8 Å². The molecule has 9 heteroatoms. The van der Waals surface area contributed by atoms with Gasteiger partial charge in [0, 0.05) is 44.2 Å². The number of carbonyl (C=O) groups excluding carboxylic acids is 2. The minimum atomic E-state index is -0.522. The summed E-state index contributed by atoms with van der Waals surface area (Å²) < 4.78 is 18.6. The third kappa shape index (κ3) is 6.07. The molecule has 0 unspecified atom stereocenters. The summed E-state index contributed by atoms with van der Waals surface area (Å²) in [5.41, 5.74) is 1.18. The Balaban J connectivity index is 1.28. The molecule has 0 radical (unpaired) electrons. The van der Waals surface area contributed by atoms with Crippen LogP contribution < -0.4 is 10.2 Å². The van der Waals surface area contributed by atoms with E-state index in [0.717, 1.165) is 36.5 Å². The van der Waals surface area contributed by atoms with Gasteiger partial charge in [-0.25, -0.2) is 9.18 Å². The highest BCUT2D eigenvalue weighted by atomic mass is 19.1. The Morgan fingerprint density at radius 1 is 1.12 bits per heavy atom. The van der Waals surface area contributed by atoms with E-state index in [1.165, 1.54) is 12.1 Å². The molecule has 2 aliphatic heterocycles. The summed E-state index contributed by atoms with van der Waals surface area (Å²) in [5.74, 6) is 0.520. The average Bonchev–Trinajstić information content (AvgIpc) is 3.29. The third-order valence-corrected chi connectivity index (χ3v) is 6.33. The first-order valence-corrected chi connectivity index (χ1v) is 12.0. The largest absolute Gasteiger partial charge is 0.444 e. The first kappa shape index (κ1) is 24.0. The van der Waals surface area contributed by atoms with Crippen LogP contribution in [-0.2, 0) is 9.53 Å². The van der Waals surface area contributed by atoms with Crippen LogP contribution in [-0.4, -0.2) is 64.9 Å². The number of nitrogens with one attached hydrogen (secondary N) is 2. The second-order valence-corrected chi connectivity index (χ2v) is 10.2. The fraction of sp³-hybridized carbons (Fsp3) is 0.560. The predicted octanol–water partition coefficient (Wildman–Crippen LogP) is 3.95. The number of hydrogen-bond donors (Lipinski definition) is 2. The second-order valence-electron chi connectivity index (χ2n) is 10.2. The normalized spacial score (nSPS) is 19.7. The number of carbonyl (C=O) groups is 2. The summed E-state index contributed by atoms with van der Waals surface area (Å²) in [6.45, 7) is 8.18. The summed E-state index contributed by atoms with van der Waals surface area (Å²) in [7, 11) is 0. The van der Waals surface area contributed by atoms with Crippen molar-refractivity contribution in [2.24, 2.45) is 5.92 Å². The molecular formula is C25H34FN5O3. The summed E-state index contributed by atoms with van der Waals surface area (Å²) in [5, 5.41) is 10.7. The highest BCUT2D eigenvalue weighted by Gasteiger charge is 2.31. The number of H-pyrrole nitrogens is 1. The molecule has 1 aromatic heterocycles. The number of ether oxygens (including phenoxy) is 1. The van der Waals surface area contributed by atoms with Crippen LogP contribution >= 0.6 is 0 Å². The number of hydrogen-bond acceptors (Lipinski definition) is 5. The van der Waals surface area contributed by atoms with E-state index in [0.29, 0.717) is 32.5 Å². The van der Waals surface area contributed by atoms with Crippen molar-refractivity contribution >= 4 is 17.8 Å². The first-order chi connectivity index (χ1) is 16.2. The first-order valence-electron chi connectivity index (χ1n) is 12.0. The quantitative estimate of drug-likeness (QED) is 0.705. The van der Waals surface area contributed by atoms with Gasteiger partial charge in [-0.1, -0.05) is 0 Å². The molecule has 0 aliphatic carbocycles. The van der Waals surface area contributed by atoms with Gasteiger partial charge in [0.05, 0.1) is 5.69 Å². The highest BCUT2D eigenvalue weighted by molar-refractivity contribution is 5.79. The summed E-state index contributed by atoms with van der Waals surface area (Å²) in [6, 6.07) is 8.32. The number of rotatable bonds is 4. The number of likely N-dealkylation sites (tertiary alicyclic amines) is 1. The Hall–Kier alpha value is -3.10. The number of nitrogens with zero attached hydrogens (tertiary/aromatic N) is 3. The molecule has 0 saturated carbocycles. The maximum Gasteiger partial charge on any atom is 0.410 e. The number of benzene rings is 1. The van der Waals surface area contributed by atoms with E-state index in [2.05, 4.69) is 20.4 Å². The van der Waals surface area contributed by atoms with Gasteiger partial charge in [-0.15, -0.1) is 0 Å². The van der Waals surface area contributed by atoms with E-state index in [4.69, 9.17) is 4.74 Å². The van der Waals surface area contributed by atoms with Crippen LogP contribution in [0.15, 0.2) is 30.3 Å². The molecule has 3 heterocycles. The van der Waals surface area contributed by atoms with Gasteiger partial charge in [0.15, 0.2) is 5.82 Å². The lowest BCUT2D eigenvalue weighted by molar-refractivity contribution is -0.127. The SMILES string of the molecule is CC(C)(C)OC(=O)N1CCC(C(=O)N[C@H]2CCCN(c3cc(-c4ccc(F)cc4)[nH]n3)C2)CC1. The van der Waals surface area contributed by atoms with Crippen molar-refractivity contribution in [2.75, 3.05) is 31.1 Å². The maximum absolute atomic E-state index is 13.2. The van der Waals surface area contributed by atoms with Gasteiger partial charge in [-0.2, -0.15) is 5.10 Å². The summed E-state index contributed by atoms with van der Waals surface area (Å²) in [4.78, 5) is 29.0. The van der Waals surface area contributed by atoms with Crippen LogP contribution in [0.5, 0.6) is 0 Å². The lowest BCUT2D eigenvalue weighted by atomic mass is 9.95. The Labute approximate surface area is 199 Å². The van der Waals surface area contributed by atoms with E-state index in [1.807, 2.05) is 26.8 Å². The van der Waals surface area contributed by atoms with Crippen molar-refractivity contribution in [3.05, 3.63) is 36.1 Å². The number of piperidine rings is 2. The molecule has 34 heavy (non-hydrogen) atoms. The molecule has 2 saturated heterocycles. The smallest absolute Gasteiger partial charge is 0.410 e. The van der Waals surface area contributed by atoms with Gasteiger partial charge in [-0.05, 0) is 76.3 Å². The number of aromatic amines is 1. The fourth-order valence-corrected chi connectivity index (χ4v) is 4.52. The van der Waals surface area contributed by atoms with Crippen molar-refractivity contribution in [1.29, 1.82) is 0 Å². The molecule has 0 spiro atoms. The van der Waals surface area contributed by atoms with Gasteiger partial charge in [-0.3, -0.25) is 9.89 Å². The molecule has 1 aromatic carbocycles. The summed E-state index contributed by atoms with van der Waals surface area (Å²) >= 11 is 0. The lowest BCUT2D eigenvalue weighted by Gasteiger charge is -2.36. The van der Waals surface area contributed by atoms with E-state index < -0.39 is 5.60 Å². The number of amides is 2. The topological polar surface area (TPSA) is 90.6 Å². The van der Waals surface area contributed by atoms with Crippen LogP contribution in [0.2, 0.25) is 0 Å². The van der Waals surface area contributed by atoms with Crippen LogP contribution in [0.4, 0.5) is 15.0 Å². The van der Waals surface area contributed by atoms with Gasteiger partial charge in [0.2, 0.25) is 5.91 Å². The second kappa shape index (κ2) is 10.0. The summed E-state index contributed by atoms with van der Waals surface area (Å²) in [6.07, 6.45) is 2.85. The van der Waals surface area contributed by atoms with Gasteiger partial charge >= 0.3 is 6.09 Å². The molecule has 2 fully saturated rings. The molecule has 184 valence electrons.